The molecule has 0 atom stereocenters. The van der Waals surface area contributed by atoms with Crippen LogP contribution in [0.2, 0.25) is 15.1 Å². The second-order valence-electron chi connectivity index (χ2n) is 3.79. The molecule has 0 unspecified atom stereocenters. The number of nitrogens with zero attached hydrogens (tertiary/aromatic N) is 1. The van der Waals surface area contributed by atoms with E-state index >= 15 is 0 Å². The van der Waals surface area contributed by atoms with Crippen LogP contribution in [-0.4, -0.2) is 18.1 Å². The molecule has 0 bridgehead atoms. The van der Waals surface area contributed by atoms with E-state index in [4.69, 9.17) is 34.8 Å². The van der Waals surface area contributed by atoms with Gasteiger partial charge in [0.2, 0.25) is 5.95 Å². The molecule has 1 heterocycles. The first-order valence-electron chi connectivity index (χ1n) is 5.32. The highest BCUT2D eigenvalue weighted by Crippen LogP contribution is 2.36. The minimum absolute atomic E-state index is 0.000268. The van der Waals surface area contributed by atoms with Crippen molar-refractivity contribution in [1.29, 1.82) is 0 Å². The highest BCUT2D eigenvalue weighted by atomic mass is 35.5. The molecule has 0 spiro atoms. The minimum Gasteiger partial charge on any atom is -0.465 e. The molecular weight excluding hydrogens is 328 g/mol. The second-order valence-corrected chi connectivity index (χ2v) is 5.01. The maximum atomic E-state index is 13.2. The van der Waals surface area contributed by atoms with Gasteiger partial charge in [-0.2, -0.15) is 4.39 Å². The van der Waals surface area contributed by atoms with E-state index in [1.807, 2.05) is 0 Å². The number of ether oxygens (including phenoxy) is 1. The van der Waals surface area contributed by atoms with Crippen LogP contribution in [0, 0.1) is 5.95 Å². The first kappa shape index (κ1) is 15.0. The molecule has 0 aliphatic carbocycles. The molecule has 1 aromatic carbocycles. The van der Waals surface area contributed by atoms with Gasteiger partial charge in [-0.25, -0.2) is 9.78 Å². The van der Waals surface area contributed by atoms with E-state index in [0.717, 1.165) is 6.07 Å². The molecule has 2 aromatic rings. The summed E-state index contributed by atoms with van der Waals surface area (Å²) in [6.45, 7) is 0. The van der Waals surface area contributed by atoms with Crippen molar-refractivity contribution >= 4 is 40.8 Å². The van der Waals surface area contributed by atoms with Gasteiger partial charge >= 0.3 is 5.97 Å². The average molecular weight is 335 g/mol. The van der Waals surface area contributed by atoms with Gasteiger partial charge in [0, 0.05) is 23.4 Å². The SMILES string of the molecule is COC(=O)c1cc(F)ncc1-c1cc(Cl)c(Cl)cc1Cl. The van der Waals surface area contributed by atoms with E-state index < -0.39 is 11.9 Å². The van der Waals surface area contributed by atoms with E-state index in [-0.39, 0.29) is 20.6 Å². The zero-order valence-corrected chi connectivity index (χ0v) is 12.4. The first-order valence-corrected chi connectivity index (χ1v) is 6.46. The number of benzene rings is 1. The molecule has 7 heteroatoms. The Morgan fingerprint density at radius 3 is 2.40 bits per heavy atom. The molecule has 0 aliphatic heterocycles. The van der Waals surface area contributed by atoms with Gasteiger partial charge in [0.05, 0.1) is 27.7 Å². The van der Waals surface area contributed by atoms with Gasteiger partial charge in [-0.1, -0.05) is 34.8 Å². The summed E-state index contributed by atoms with van der Waals surface area (Å²) in [5.74, 6) is -1.51. The Morgan fingerprint density at radius 1 is 1.10 bits per heavy atom. The van der Waals surface area contributed by atoms with E-state index in [1.54, 1.807) is 0 Å². The van der Waals surface area contributed by atoms with Gasteiger partial charge in [0.25, 0.3) is 0 Å². The fourth-order valence-electron chi connectivity index (χ4n) is 1.65. The standard InChI is InChI=1S/C13H7Cl3FNO2/c1-20-13(19)7-3-12(17)18-5-8(7)6-2-10(15)11(16)4-9(6)14/h2-5H,1H3. The predicted molar refractivity (Wildman–Crippen MR) is 76.0 cm³/mol. The Kier molecular flexibility index (Phi) is 4.48. The zero-order valence-electron chi connectivity index (χ0n) is 10.1. The van der Waals surface area contributed by atoms with Gasteiger partial charge in [-0.3, -0.25) is 0 Å². The van der Waals surface area contributed by atoms with Crippen molar-refractivity contribution in [1.82, 2.24) is 4.98 Å². The largest absolute Gasteiger partial charge is 0.465 e. The van der Waals surface area contributed by atoms with Crippen molar-refractivity contribution in [3.63, 3.8) is 0 Å². The summed E-state index contributed by atoms with van der Waals surface area (Å²) < 4.78 is 17.8. The van der Waals surface area contributed by atoms with E-state index in [1.165, 1.54) is 25.4 Å². The molecule has 20 heavy (non-hydrogen) atoms. The van der Waals surface area contributed by atoms with Gasteiger partial charge in [0.15, 0.2) is 0 Å². The lowest BCUT2D eigenvalue weighted by atomic mass is 10.0. The summed E-state index contributed by atoms with van der Waals surface area (Å²) in [4.78, 5) is 15.2. The number of carbonyl (C=O) groups is 1. The highest BCUT2D eigenvalue weighted by Gasteiger charge is 2.18. The van der Waals surface area contributed by atoms with Crippen LogP contribution in [0.5, 0.6) is 0 Å². The van der Waals surface area contributed by atoms with Crippen molar-refractivity contribution in [2.45, 2.75) is 0 Å². The van der Waals surface area contributed by atoms with Gasteiger partial charge in [0.1, 0.15) is 0 Å². The third-order valence-corrected chi connectivity index (χ3v) is 3.61. The van der Waals surface area contributed by atoms with Gasteiger partial charge in [-0.15, -0.1) is 0 Å². The molecule has 0 radical (unpaired) electrons. The Labute approximate surface area is 129 Å². The van der Waals surface area contributed by atoms with Gasteiger partial charge < -0.3 is 4.74 Å². The molecule has 2 rings (SSSR count). The zero-order chi connectivity index (χ0) is 14.9. The molecule has 0 fully saturated rings. The maximum Gasteiger partial charge on any atom is 0.338 e. The number of carbonyl (C=O) groups excluding carboxylic acids is 1. The maximum absolute atomic E-state index is 13.2. The Bertz CT molecular complexity index is 692. The lowest BCUT2D eigenvalue weighted by Gasteiger charge is -2.10. The van der Waals surface area contributed by atoms with Crippen LogP contribution in [0.1, 0.15) is 10.4 Å². The summed E-state index contributed by atoms with van der Waals surface area (Å²) in [7, 11) is 1.20. The van der Waals surface area contributed by atoms with Crippen molar-refractivity contribution in [2.24, 2.45) is 0 Å². The molecule has 104 valence electrons. The summed E-state index contributed by atoms with van der Waals surface area (Å²) in [5.41, 5.74) is 0.719. The van der Waals surface area contributed by atoms with Crippen LogP contribution in [0.15, 0.2) is 24.4 Å². The number of halogens is 4. The number of aromatic nitrogens is 1. The quantitative estimate of drug-likeness (QED) is 0.456. The van der Waals surface area contributed by atoms with E-state index in [9.17, 15) is 9.18 Å². The summed E-state index contributed by atoms with van der Waals surface area (Å²) in [5, 5.41) is 0.791. The molecule has 3 nitrogen and oxygen atoms in total. The smallest absolute Gasteiger partial charge is 0.338 e. The molecule has 0 saturated heterocycles. The van der Waals surface area contributed by atoms with Crippen molar-refractivity contribution in [3.8, 4) is 11.1 Å². The van der Waals surface area contributed by atoms with Crippen LogP contribution >= 0.6 is 34.8 Å². The van der Waals surface area contributed by atoms with Crippen LogP contribution in [-0.2, 0) is 4.74 Å². The first-order chi connectivity index (χ1) is 9.43. The normalized spacial score (nSPS) is 10.4. The molecule has 1 aromatic heterocycles. The van der Waals surface area contributed by atoms with E-state index in [2.05, 4.69) is 9.72 Å². The Hall–Kier alpha value is -1.36. The third-order valence-electron chi connectivity index (χ3n) is 2.58. The topological polar surface area (TPSA) is 39.2 Å². The van der Waals surface area contributed by atoms with Crippen LogP contribution in [0.3, 0.4) is 0 Å². The fraction of sp³-hybridized carbons (Fsp3) is 0.0769. The number of esters is 1. The monoisotopic (exact) mass is 333 g/mol. The number of hydrogen-bond acceptors (Lipinski definition) is 3. The minimum atomic E-state index is -0.801. The summed E-state index contributed by atoms with van der Waals surface area (Å²) in [6, 6.07) is 3.89. The number of pyridine rings is 1. The number of hydrogen-bond donors (Lipinski definition) is 0. The number of methoxy groups -OCH3 is 1. The molecular formula is C13H7Cl3FNO2. The molecule has 0 N–H and O–H groups in total. The summed E-state index contributed by atoms with van der Waals surface area (Å²) >= 11 is 17.9. The van der Waals surface area contributed by atoms with Gasteiger partial charge in [-0.05, 0) is 12.1 Å². The Balaban J connectivity index is 2.69. The third kappa shape index (κ3) is 2.87. The van der Waals surface area contributed by atoms with Crippen molar-refractivity contribution in [3.05, 3.63) is 51.0 Å². The number of rotatable bonds is 2. The molecule has 0 saturated carbocycles. The van der Waals surface area contributed by atoms with Crippen molar-refractivity contribution in [2.75, 3.05) is 7.11 Å². The Morgan fingerprint density at radius 2 is 1.75 bits per heavy atom. The average Bonchev–Trinajstić information content (AvgIpc) is 2.42. The van der Waals surface area contributed by atoms with Crippen LogP contribution < -0.4 is 0 Å². The predicted octanol–water partition coefficient (Wildman–Crippen LogP) is 4.63. The fourth-order valence-corrected chi connectivity index (χ4v) is 2.30. The lowest BCUT2D eigenvalue weighted by molar-refractivity contribution is 0.0601. The summed E-state index contributed by atoms with van der Waals surface area (Å²) in [6.07, 6.45) is 1.19. The lowest BCUT2D eigenvalue weighted by Crippen LogP contribution is -2.05. The second kappa shape index (κ2) is 5.95. The van der Waals surface area contributed by atoms with Crippen LogP contribution in [0.4, 0.5) is 4.39 Å². The molecule has 0 aliphatic rings. The van der Waals surface area contributed by atoms with Crippen LogP contribution in [0.25, 0.3) is 11.1 Å². The van der Waals surface area contributed by atoms with Crippen molar-refractivity contribution < 1.29 is 13.9 Å². The highest BCUT2D eigenvalue weighted by molar-refractivity contribution is 6.44. The van der Waals surface area contributed by atoms with E-state index in [0.29, 0.717) is 11.1 Å². The molecule has 0 amide bonds.